The average molecular weight is 377 g/mol. The molecule has 7 heteroatoms. The van der Waals surface area contributed by atoms with E-state index in [0.29, 0.717) is 12.2 Å². The first-order chi connectivity index (χ1) is 12.2. The lowest BCUT2D eigenvalue weighted by atomic mass is 10.1. The molecule has 1 heterocycles. The summed E-state index contributed by atoms with van der Waals surface area (Å²) >= 11 is 1.58. The Morgan fingerprint density at radius 2 is 1.73 bits per heavy atom. The summed E-state index contributed by atoms with van der Waals surface area (Å²) in [5.74, 6) is -0.748. The maximum Gasteiger partial charge on any atom is 0.238 e. The molecule has 2 N–H and O–H groups in total. The molecule has 140 valence electrons. The fourth-order valence-electron chi connectivity index (χ4n) is 2.27. The van der Waals surface area contributed by atoms with Crippen LogP contribution in [0, 0.1) is 5.82 Å². The number of carbonyl (C=O) groups is 2. The largest absolute Gasteiger partial charge is 0.350 e. The zero-order chi connectivity index (χ0) is 19.2. The van der Waals surface area contributed by atoms with Crippen LogP contribution < -0.4 is 10.6 Å². The summed E-state index contributed by atoms with van der Waals surface area (Å²) in [7, 11) is 0. The van der Waals surface area contributed by atoms with Crippen molar-refractivity contribution in [1.29, 1.82) is 0 Å². The van der Waals surface area contributed by atoms with E-state index in [2.05, 4.69) is 10.6 Å². The highest BCUT2D eigenvalue weighted by Gasteiger charge is 2.25. The predicted molar refractivity (Wildman–Crippen MR) is 103 cm³/mol. The number of nitrogens with one attached hydrogen (secondary N) is 2. The van der Waals surface area contributed by atoms with Crippen LogP contribution in [-0.4, -0.2) is 35.3 Å². The molecule has 0 aliphatic rings. The molecule has 0 fully saturated rings. The maximum absolute atomic E-state index is 12.9. The number of hydrogen-bond acceptors (Lipinski definition) is 4. The van der Waals surface area contributed by atoms with Crippen LogP contribution in [0.4, 0.5) is 10.1 Å². The second-order valence-electron chi connectivity index (χ2n) is 6.94. The molecule has 0 bridgehead atoms. The number of rotatable bonds is 7. The average Bonchev–Trinajstić information content (AvgIpc) is 3.07. The Hall–Kier alpha value is -2.25. The van der Waals surface area contributed by atoms with Gasteiger partial charge in [-0.05, 0) is 56.5 Å². The number of carbonyl (C=O) groups excluding carboxylic acids is 2. The molecule has 0 unspecified atom stereocenters. The Balaban J connectivity index is 1.90. The summed E-state index contributed by atoms with van der Waals surface area (Å²) in [5, 5.41) is 7.56. The normalized spacial score (nSPS) is 11.4. The van der Waals surface area contributed by atoms with E-state index in [4.69, 9.17) is 0 Å². The van der Waals surface area contributed by atoms with Gasteiger partial charge in [0.15, 0.2) is 0 Å². The van der Waals surface area contributed by atoms with Crippen LogP contribution in [0.15, 0.2) is 41.8 Å². The number of thiophene rings is 1. The smallest absolute Gasteiger partial charge is 0.238 e. The van der Waals surface area contributed by atoms with Crippen molar-refractivity contribution >= 4 is 28.8 Å². The summed E-state index contributed by atoms with van der Waals surface area (Å²) in [6.45, 7) is 6.51. The van der Waals surface area contributed by atoms with Crippen LogP contribution in [-0.2, 0) is 16.1 Å². The summed E-state index contributed by atoms with van der Waals surface area (Å²) < 4.78 is 12.9. The van der Waals surface area contributed by atoms with Gasteiger partial charge in [-0.1, -0.05) is 6.07 Å². The van der Waals surface area contributed by atoms with Gasteiger partial charge in [0.05, 0.1) is 19.6 Å². The van der Waals surface area contributed by atoms with Gasteiger partial charge in [0.2, 0.25) is 11.8 Å². The van der Waals surface area contributed by atoms with Crippen molar-refractivity contribution in [2.24, 2.45) is 0 Å². The van der Waals surface area contributed by atoms with E-state index in [-0.39, 0.29) is 36.3 Å². The Kier molecular flexibility index (Phi) is 6.88. The first-order valence-electron chi connectivity index (χ1n) is 8.33. The molecule has 2 amide bonds. The summed E-state index contributed by atoms with van der Waals surface area (Å²) in [4.78, 5) is 27.4. The first kappa shape index (κ1) is 20.1. The zero-order valence-corrected chi connectivity index (χ0v) is 16.0. The molecular formula is C19H24FN3O2S. The summed E-state index contributed by atoms with van der Waals surface area (Å²) in [5.41, 5.74) is 0.160. The summed E-state index contributed by atoms with van der Waals surface area (Å²) in [6, 6.07) is 9.48. The van der Waals surface area contributed by atoms with E-state index in [1.165, 1.54) is 24.3 Å². The minimum absolute atomic E-state index is 0.0628. The molecule has 0 radical (unpaired) electrons. The van der Waals surface area contributed by atoms with Gasteiger partial charge < -0.3 is 10.6 Å². The van der Waals surface area contributed by atoms with Gasteiger partial charge >= 0.3 is 0 Å². The lowest BCUT2D eigenvalue weighted by Gasteiger charge is -2.34. The third-order valence-corrected chi connectivity index (χ3v) is 4.66. The lowest BCUT2D eigenvalue weighted by molar-refractivity contribution is -0.125. The van der Waals surface area contributed by atoms with Crippen LogP contribution in [0.25, 0.3) is 0 Å². The number of amides is 2. The van der Waals surface area contributed by atoms with Gasteiger partial charge in [-0.15, -0.1) is 11.3 Å². The zero-order valence-electron chi connectivity index (χ0n) is 15.2. The maximum atomic E-state index is 12.9. The Morgan fingerprint density at radius 3 is 2.31 bits per heavy atom. The van der Waals surface area contributed by atoms with Crippen molar-refractivity contribution in [2.75, 3.05) is 18.4 Å². The molecule has 1 aromatic heterocycles. The van der Waals surface area contributed by atoms with Crippen LogP contribution in [0.5, 0.6) is 0 Å². The Bertz CT molecular complexity index is 724. The number of halogens is 1. The van der Waals surface area contributed by atoms with Crippen molar-refractivity contribution < 1.29 is 14.0 Å². The lowest BCUT2D eigenvalue weighted by Crippen LogP contribution is -2.50. The van der Waals surface area contributed by atoms with Crippen LogP contribution in [0.1, 0.15) is 25.6 Å². The van der Waals surface area contributed by atoms with E-state index in [1.807, 2.05) is 38.3 Å². The number of nitrogens with zero attached hydrogens (tertiary/aromatic N) is 1. The molecule has 5 nitrogen and oxygen atoms in total. The second kappa shape index (κ2) is 8.91. The van der Waals surface area contributed by atoms with Gasteiger partial charge in [-0.3, -0.25) is 14.5 Å². The SMILES string of the molecule is CC(C)(C)N(CC(=O)NCc1cccs1)CC(=O)Nc1ccc(F)cc1. The molecule has 0 aliphatic heterocycles. The number of anilines is 1. The first-order valence-corrected chi connectivity index (χ1v) is 9.21. The minimum Gasteiger partial charge on any atom is -0.350 e. The van der Waals surface area contributed by atoms with Crippen molar-refractivity contribution in [1.82, 2.24) is 10.2 Å². The van der Waals surface area contributed by atoms with Gasteiger partial charge in [-0.25, -0.2) is 4.39 Å². The molecule has 0 saturated carbocycles. The standard InChI is InChI=1S/C19H24FN3O2S/c1-19(2,3)23(12-17(24)21-11-16-5-4-10-26-16)13-18(25)22-15-8-6-14(20)7-9-15/h4-10H,11-13H2,1-3H3,(H,21,24)(H,22,25). The highest BCUT2D eigenvalue weighted by molar-refractivity contribution is 7.09. The van der Waals surface area contributed by atoms with Crippen LogP contribution >= 0.6 is 11.3 Å². The van der Waals surface area contributed by atoms with Crippen molar-refractivity contribution in [3.8, 4) is 0 Å². The van der Waals surface area contributed by atoms with E-state index in [9.17, 15) is 14.0 Å². The fourth-order valence-corrected chi connectivity index (χ4v) is 2.91. The van der Waals surface area contributed by atoms with Gasteiger partial charge in [0.1, 0.15) is 5.82 Å². The summed E-state index contributed by atoms with van der Waals surface area (Å²) in [6.07, 6.45) is 0. The Labute approximate surface area is 157 Å². The highest BCUT2D eigenvalue weighted by Crippen LogP contribution is 2.14. The van der Waals surface area contributed by atoms with E-state index < -0.39 is 0 Å². The quantitative estimate of drug-likeness (QED) is 0.779. The third kappa shape index (κ3) is 6.57. The van der Waals surface area contributed by atoms with E-state index >= 15 is 0 Å². The third-order valence-electron chi connectivity index (χ3n) is 3.79. The topological polar surface area (TPSA) is 61.4 Å². The highest BCUT2D eigenvalue weighted by atomic mass is 32.1. The van der Waals surface area contributed by atoms with E-state index in [1.54, 1.807) is 16.2 Å². The van der Waals surface area contributed by atoms with Gasteiger partial charge in [0, 0.05) is 16.1 Å². The molecule has 2 aromatic rings. The van der Waals surface area contributed by atoms with Crippen molar-refractivity contribution in [2.45, 2.75) is 32.9 Å². The van der Waals surface area contributed by atoms with Gasteiger partial charge in [0.25, 0.3) is 0 Å². The molecule has 26 heavy (non-hydrogen) atoms. The molecule has 2 rings (SSSR count). The number of benzene rings is 1. The van der Waals surface area contributed by atoms with Crippen LogP contribution in [0.2, 0.25) is 0 Å². The number of hydrogen-bond donors (Lipinski definition) is 2. The molecular weight excluding hydrogens is 353 g/mol. The molecule has 0 spiro atoms. The van der Waals surface area contributed by atoms with Gasteiger partial charge in [-0.2, -0.15) is 0 Å². The fraction of sp³-hybridized carbons (Fsp3) is 0.368. The molecule has 0 aliphatic carbocycles. The van der Waals surface area contributed by atoms with Crippen LogP contribution in [0.3, 0.4) is 0 Å². The Morgan fingerprint density at radius 1 is 1.08 bits per heavy atom. The molecule has 0 atom stereocenters. The predicted octanol–water partition coefficient (Wildman–Crippen LogP) is 3.24. The molecule has 1 aromatic carbocycles. The van der Waals surface area contributed by atoms with Crippen molar-refractivity contribution in [3.05, 3.63) is 52.5 Å². The minimum atomic E-state index is -0.361. The van der Waals surface area contributed by atoms with E-state index in [0.717, 1.165) is 4.88 Å². The molecule has 0 saturated heterocycles. The van der Waals surface area contributed by atoms with Crippen molar-refractivity contribution in [3.63, 3.8) is 0 Å². The second-order valence-corrected chi connectivity index (χ2v) is 7.97. The monoisotopic (exact) mass is 377 g/mol.